The molecule has 0 atom stereocenters. The Morgan fingerprint density at radius 3 is 2.33 bits per heavy atom. The lowest BCUT2D eigenvalue weighted by Gasteiger charge is -2.12. The zero-order valence-corrected chi connectivity index (χ0v) is 17.6. The van der Waals surface area contributed by atoms with Crippen LogP contribution in [0.2, 0.25) is 0 Å². The Balaban J connectivity index is 1.84. The van der Waals surface area contributed by atoms with Crippen LogP contribution < -0.4 is 26.2 Å². The smallest absolute Gasteiger partial charge is 0.269 e. The fourth-order valence-corrected chi connectivity index (χ4v) is 2.44. The predicted molar refractivity (Wildman–Crippen MR) is 118 cm³/mol. The molecule has 3 amide bonds. The topological polar surface area (TPSA) is 109 Å². The zero-order chi connectivity index (χ0) is 21.9. The third kappa shape index (κ3) is 7.17. The number of carbonyl (C=O) groups excluding carboxylic acids is 3. The Morgan fingerprint density at radius 1 is 0.933 bits per heavy atom. The van der Waals surface area contributed by atoms with E-state index in [9.17, 15) is 14.4 Å². The molecule has 0 fully saturated rings. The Kier molecular flexibility index (Phi) is 8.76. The van der Waals surface area contributed by atoms with Crippen molar-refractivity contribution >= 4 is 40.7 Å². The van der Waals surface area contributed by atoms with Gasteiger partial charge in [0.2, 0.25) is 5.91 Å². The molecular weight excluding hydrogens is 404 g/mol. The standard InChI is InChI=1S/C21H24N4O4S/c1-3-12-29-17-7-5-6-15(13-17)19(27)23-21(30)25-24-20(28)14-8-10-16(11-9-14)22-18(26)4-2/h5-11,13H,3-4,12H2,1-2H3,(H,22,26)(H,24,28)(H2,23,25,27,30). The molecule has 4 N–H and O–H groups in total. The molecule has 158 valence electrons. The molecule has 0 saturated carbocycles. The van der Waals surface area contributed by atoms with Crippen LogP contribution >= 0.6 is 12.2 Å². The lowest BCUT2D eigenvalue weighted by atomic mass is 10.2. The van der Waals surface area contributed by atoms with Crippen molar-refractivity contribution in [3.63, 3.8) is 0 Å². The third-order valence-corrected chi connectivity index (χ3v) is 4.04. The van der Waals surface area contributed by atoms with E-state index in [2.05, 4.69) is 21.5 Å². The van der Waals surface area contributed by atoms with Crippen LogP contribution in [0.3, 0.4) is 0 Å². The second kappa shape index (κ2) is 11.5. The van der Waals surface area contributed by atoms with E-state index in [4.69, 9.17) is 17.0 Å². The van der Waals surface area contributed by atoms with Gasteiger partial charge in [-0.1, -0.05) is 19.9 Å². The molecule has 0 spiro atoms. The van der Waals surface area contributed by atoms with Gasteiger partial charge < -0.3 is 10.1 Å². The lowest BCUT2D eigenvalue weighted by molar-refractivity contribution is -0.115. The largest absolute Gasteiger partial charge is 0.494 e. The highest BCUT2D eigenvalue weighted by molar-refractivity contribution is 7.80. The molecule has 2 aromatic carbocycles. The van der Waals surface area contributed by atoms with Crippen molar-refractivity contribution < 1.29 is 19.1 Å². The van der Waals surface area contributed by atoms with Crippen molar-refractivity contribution in [2.24, 2.45) is 0 Å². The van der Waals surface area contributed by atoms with E-state index in [1.807, 2.05) is 6.92 Å². The van der Waals surface area contributed by atoms with E-state index in [1.54, 1.807) is 55.5 Å². The van der Waals surface area contributed by atoms with E-state index in [1.165, 1.54) is 0 Å². The molecule has 0 bridgehead atoms. The van der Waals surface area contributed by atoms with Crippen LogP contribution in [0.5, 0.6) is 5.75 Å². The van der Waals surface area contributed by atoms with Crippen molar-refractivity contribution in [3.8, 4) is 5.75 Å². The maximum absolute atomic E-state index is 12.3. The van der Waals surface area contributed by atoms with Crippen molar-refractivity contribution in [1.82, 2.24) is 16.2 Å². The monoisotopic (exact) mass is 428 g/mol. The average Bonchev–Trinajstić information content (AvgIpc) is 2.76. The molecular formula is C21H24N4O4S. The fourth-order valence-electron chi connectivity index (χ4n) is 2.29. The molecule has 0 radical (unpaired) electrons. The highest BCUT2D eigenvalue weighted by Crippen LogP contribution is 2.13. The minimum absolute atomic E-state index is 0.0555. The summed E-state index contributed by atoms with van der Waals surface area (Å²) in [7, 11) is 0. The molecule has 2 aromatic rings. The van der Waals surface area contributed by atoms with Gasteiger partial charge in [-0.2, -0.15) is 0 Å². The molecule has 9 heteroatoms. The van der Waals surface area contributed by atoms with Crippen LogP contribution in [-0.4, -0.2) is 29.4 Å². The van der Waals surface area contributed by atoms with E-state index in [-0.39, 0.29) is 11.0 Å². The number of amides is 3. The molecule has 0 aliphatic heterocycles. The minimum atomic E-state index is -0.449. The summed E-state index contributed by atoms with van der Waals surface area (Å²) in [6.07, 6.45) is 1.23. The number of hydrogen-bond donors (Lipinski definition) is 4. The van der Waals surface area contributed by atoms with Crippen molar-refractivity contribution in [1.29, 1.82) is 0 Å². The number of nitrogens with one attached hydrogen (secondary N) is 4. The number of anilines is 1. The summed E-state index contributed by atoms with van der Waals surface area (Å²) in [5.74, 6) is -0.401. The van der Waals surface area contributed by atoms with E-state index >= 15 is 0 Å². The van der Waals surface area contributed by atoms with Gasteiger partial charge in [-0.25, -0.2) is 0 Å². The molecule has 0 saturated heterocycles. The third-order valence-electron chi connectivity index (χ3n) is 3.84. The summed E-state index contributed by atoms with van der Waals surface area (Å²) in [6.45, 7) is 4.30. The lowest BCUT2D eigenvalue weighted by Crippen LogP contribution is -2.48. The molecule has 0 aliphatic rings. The first kappa shape index (κ1) is 22.8. The van der Waals surface area contributed by atoms with Crippen LogP contribution in [0.15, 0.2) is 48.5 Å². The van der Waals surface area contributed by atoms with Crippen molar-refractivity contribution in [3.05, 3.63) is 59.7 Å². The second-order valence-corrected chi connectivity index (χ2v) is 6.63. The van der Waals surface area contributed by atoms with Gasteiger partial charge in [-0.15, -0.1) is 0 Å². The maximum Gasteiger partial charge on any atom is 0.269 e. The summed E-state index contributed by atoms with van der Waals surface area (Å²) in [5, 5.41) is 5.13. The summed E-state index contributed by atoms with van der Waals surface area (Å²) in [5.41, 5.74) is 6.22. The summed E-state index contributed by atoms with van der Waals surface area (Å²) in [4.78, 5) is 35.9. The normalized spacial score (nSPS) is 9.93. The summed E-state index contributed by atoms with van der Waals surface area (Å²) < 4.78 is 5.51. The number of benzene rings is 2. The van der Waals surface area contributed by atoms with E-state index < -0.39 is 11.8 Å². The maximum atomic E-state index is 12.3. The molecule has 0 heterocycles. The van der Waals surface area contributed by atoms with Gasteiger partial charge in [-0.3, -0.25) is 30.6 Å². The number of ether oxygens (including phenoxy) is 1. The van der Waals surface area contributed by atoms with Gasteiger partial charge in [0.05, 0.1) is 6.61 Å². The van der Waals surface area contributed by atoms with Crippen LogP contribution in [0.25, 0.3) is 0 Å². The Hall–Kier alpha value is -3.46. The molecule has 2 rings (SSSR count). The van der Waals surface area contributed by atoms with Crippen LogP contribution in [-0.2, 0) is 4.79 Å². The number of hydrogen-bond acceptors (Lipinski definition) is 5. The molecule has 8 nitrogen and oxygen atoms in total. The van der Waals surface area contributed by atoms with Gasteiger partial charge in [0.1, 0.15) is 5.75 Å². The summed E-state index contributed by atoms with van der Waals surface area (Å²) >= 11 is 5.05. The molecule has 30 heavy (non-hydrogen) atoms. The van der Waals surface area contributed by atoms with Gasteiger partial charge in [0.25, 0.3) is 11.8 Å². The van der Waals surface area contributed by atoms with Crippen molar-refractivity contribution in [2.75, 3.05) is 11.9 Å². The highest BCUT2D eigenvalue weighted by atomic mass is 32.1. The first-order valence-corrected chi connectivity index (χ1v) is 9.88. The van der Waals surface area contributed by atoms with E-state index in [0.717, 1.165) is 6.42 Å². The number of rotatable bonds is 7. The first-order chi connectivity index (χ1) is 14.4. The van der Waals surface area contributed by atoms with Gasteiger partial charge in [0.15, 0.2) is 5.11 Å². The summed E-state index contributed by atoms with van der Waals surface area (Å²) in [6, 6.07) is 13.1. The molecule has 0 unspecified atom stereocenters. The van der Waals surface area contributed by atoms with E-state index in [0.29, 0.717) is 35.6 Å². The van der Waals surface area contributed by atoms with Crippen LogP contribution in [0.4, 0.5) is 5.69 Å². The van der Waals surface area contributed by atoms with Crippen molar-refractivity contribution in [2.45, 2.75) is 26.7 Å². The van der Waals surface area contributed by atoms with Gasteiger partial charge in [0, 0.05) is 23.2 Å². The first-order valence-electron chi connectivity index (χ1n) is 9.47. The van der Waals surface area contributed by atoms with Gasteiger partial charge >= 0.3 is 0 Å². The number of thiocarbonyl (C=S) groups is 1. The average molecular weight is 429 g/mol. The Labute approximate surface area is 180 Å². The second-order valence-electron chi connectivity index (χ2n) is 6.22. The fraction of sp³-hybridized carbons (Fsp3) is 0.238. The van der Waals surface area contributed by atoms with Crippen LogP contribution in [0.1, 0.15) is 47.4 Å². The number of carbonyl (C=O) groups is 3. The quantitative estimate of drug-likeness (QED) is 0.399. The Bertz CT molecular complexity index is 915. The zero-order valence-electron chi connectivity index (χ0n) is 16.8. The molecule has 0 aromatic heterocycles. The Morgan fingerprint density at radius 2 is 1.67 bits per heavy atom. The van der Waals surface area contributed by atoms with Gasteiger partial charge in [-0.05, 0) is 61.1 Å². The van der Waals surface area contributed by atoms with Crippen LogP contribution in [0, 0.1) is 0 Å². The molecule has 0 aliphatic carbocycles. The minimum Gasteiger partial charge on any atom is -0.494 e. The SMILES string of the molecule is CCCOc1cccc(C(=O)NC(=S)NNC(=O)c2ccc(NC(=O)CC)cc2)c1. The predicted octanol–water partition coefficient (Wildman–Crippen LogP) is 2.77. The number of hydrazine groups is 1. The highest BCUT2D eigenvalue weighted by Gasteiger charge is 2.11.